The lowest BCUT2D eigenvalue weighted by molar-refractivity contribution is 0.324. The van der Waals surface area contributed by atoms with Crippen LogP contribution in [0.2, 0.25) is 5.02 Å². The van der Waals surface area contributed by atoms with Crippen LogP contribution in [0.15, 0.2) is 28.8 Å². The molecule has 0 saturated carbocycles. The summed E-state index contributed by atoms with van der Waals surface area (Å²) in [4.78, 5) is 4.45. The Morgan fingerprint density at radius 3 is 2.85 bits per heavy atom. The maximum atomic E-state index is 6.14. The van der Waals surface area contributed by atoms with Gasteiger partial charge < -0.3 is 9.84 Å². The van der Waals surface area contributed by atoms with Crippen LogP contribution in [0.3, 0.4) is 0 Å². The number of benzene rings is 1. The van der Waals surface area contributed by atoms with Crippen molar-refractivity contribution in [1.29, 1.82) is 0 Å². The molecule has 2 heterocycles. The number of hydrogen-bond acceptors (Lipinski definition) is 4. The monoisotopic (exact) mass is 291 g/mol. The van der Waals surface area contributed by atoms with Crippen LogP contribution in [0.25, 0.3) is 11.4 Å². The second-order valence-electron chi connectivity index (χ2n) is 5.22. The van der Waals surface area contributed by atoms with Gasteiger partial charge in [-0.05, 0) is 50.4 Å². The first-order valence-electron chi connectivity index (χ1n) is 7.11. The van der Waals surface area contributed by atoms with Gasteiger partial charge in [0.2, 0.25) is 11.7 Å². The number of piperidine rings is 1. The van der Waals surface area contributed by atoms with Gasteiger partial charge in [0.25, 0.3) is 0 Å². The highest BCUT2D eigenvalue weighted by Gasteiger charge is 2.16. The quantitative estimate of drug-likeness (QED) is 0.939. The fraction of sp³-hybridized carbons (Fsp3) is 0.467. The fourth-order valence-electron chi connectivity index (χ4n) is 2.61. The van der Waals surface area contributed by atoms with Crippen molar-refractivity contribution in [2.75, 3.05) is 13.1 Å². The van der Waals surface area contributed by atoms with Gasteiger partial charge in [-0.2, -0.15) is 4.98 Å². The molecule has 5 heteroatoms. The van der Waals surface area contributed by atoms with Crippen LogP contribution in [-0.4, -0.2) is 23.2 Å². The van der Waals surface area contributed by atoms with E-state index < -0.39 is 0 Å². The minimum absolute atomic E-state index is 0.580. The Bertz CT molecular complexity index is 564. The van der Waals surface area contributed by atoms with Crippen LogP contribution in [0.1, 0.15) is 25.2 Å². The molecule has 4 nitrogen and oxygen atoms in total. The molecule has 1 saturated heterocycles. The zero-order chi connectivity index (χ0) is 13.8. The van der Waals surface area contributed by atoms with Crippen molar-refractivity contribution in [3.05, 3.63) is 35.2 Å². The van der Waals surface area contributed by atoms with E-state index in [9.17, 15) is 0 Å². The molecule has 3 rings (SSSR count). The summed E-state index contributed by atoms with van der Waals surface area (Å²) in [5, 5.41) is 8.06. The number of halogens is 1. The SMILES string of the molecule is Clc1ccccc1-c1noc(CCC2CCNCC2)n1. The third kappa shape index (κ3) is 3.19. The van der Waals surface area contributed by atoms with Crippen molar-refractivity contribution < 1.29 is 4.52 Å². The van der Waals surface area contributed by atoms with E-state index in [1.54, 1.807) is 0 Å². The molecule has 0 bridgehead atoms. The minimum Gasteiger partial charge on any atom is -0.339 e. The molecular formula is C15H18ClN3O. The van der Waals surface area contributed by atoms with Crippen molar-refractivity contribution >= 4 is 11.6 Å². The normalized spacial score (nSPS) is 16.4. The predicted molar refractivity (Wildman–Crippen MR) is 78.7 cm³/mol. The highest BCUT2D eigenvalue weighted by molar-refractivity contribution is 6.33. The third-order valence-corrected chi connectivity index (χ3v) is 4.14. The molecule has 20 heavy (non-hydrogen) atoms. The first kappa shape index (κ1) is 13.6. The number of hydrogen-bond donors (Lipinski definition) is 1. The number of aromatic nitrogens is 2. The molecule has 1 aliphatic rings. The summed E-state index contributed by atoms with van der Waals surface area (Å²) in [5.41, 5.74) is 0.825. The van der Waals surface area contributed by atoms with E-state index in [1.165, 1.54) is 12.8 Å². The Morgan fingerprint density at radius 1 is 1.25 bits per heavy atom. The standard InChI is InChI=1S/C15H18ClN3O/c16-13-4-2-1-3-12(13)15-18-14(20-19-15)6-5-11-7-9-17-10-8-11/h1-4,11,17H,5-10H2. The van der Waals surface area contributed by atoms with Gasteiger partial charge in [0.05, 0.1) is 5.02 Å². The van der Waals surface area contributed by atoms with Crippen molar-refractivity contribution in [3.8, 4) is 11.4 Å². The molecule has 2 aromatic rings. The molecular weight excluding hydrogens is 274 g/mol. The molecule has 1 aromatic heterocycles. The first-order chi connectivity index (χ1) is 9.83. The summed E-state index contributed by atoms with van der Waals surface area (Å²) in [6.07, 6.45) is 4.45. The Balaban J connectivity index is 1.63. The Kier molecular flexibility index (Phi) is 4.33. The van der Waals surface area contributed by atoms with Crippen molar-refractivity contribution in [3.63, 3.8) is 0 Å². The summed E-state index contributed by atoms with van der Waals surface area (Å²) in [7, 11) is 0. The minimum atomic E-state index is 0.580. The Morgan fingerprint density at radius 2 is 2.05 bits per heavy atom. The predicted octanol–water partition coefficient (Wildman–Crippen LogP) is 3.32. The molecule has 0 amide bonds. The zero-order valence-corrected chi connectivity index (χ0v) is 12.1. The van der Waals surface area contributed by atoms with E-state index in [0.29, 0.717) is 16.7 Å². The lowest BCUT2D eigenvalue weighted by Crippen LogP contribution is -2.27. The fourth-order valence-corrected chi connectivity index (χ4v) is 2.83. The molecule has 0 aliphatic carbocycles. The van der Waals surface area contributed by atoms with Gasteiger partial charge in [-0.1, -0.05) is 28.9 Å². The number of rotatable bonds is 4. The maximum absolute atomic E-state index is 6.14. The molecule has 1 aliphatic heterocycles. The van der Waals surface area contributed by atoms with Crippen molar-refractivity contribution in [2.45, 2.75) is 25.7 Å². The molecule has 0 spiro atoms. The summed E-state index contributed by atoms with van der Waals surface area (Å²) < 4.78 is 5.33. The second kappa shape index (κ2) is 6.37. The molecule has 0 atom stereocenters. The van der Waals surface area contributed by atoms with Crippen LogP contribution in [0, 0.1) is 5.92 Å². The van der Waals surface area contributed by atoms with Gasteiger partial charge >= 0.3 is 0 Å². The van der Waals surface area contributed by atoms with Gasteiger partial charge in [0.1, 0.15) is 0 Å². The highest BCUT2D eigenvalue weighted by atomic mass is 35.5. The van der Waals surface area contributed by atoms with Crippen LogP contribution >= 0.6 is 11.6 Å². The molecule has 0 radical (unpaired) electrons. The average molecular weight is 292 g/mol. The lowest BCUT2D eigenvalue weighted by atomic mass is 9.93. The summed E-state index contributed by atoms with van der Waals surface area (Å²) in [5.74, 6) is 2.06. The third-order valence-electron chi connectivity index (χ3n) is 3.81. The summed E-state index contributed by atoms with van der Waals surface area (Å²) in [6, 6.07) is 7.56. The van der Waals surface area contributed by atoms with E-state index >= 15 is 0 Å². The Hall–Kier alpha value is -1.39. The van der Waals surface area contributed by atoms with Gasteiger partial charge in [0.15, 0.2) is 0 Å². The smallest absolute Gasteiger partial charge is 0.226 e. The molecule has 0 unspecified atom stereocenters. The highest BCUT2D eigenvalue weighted by Crippen LogP contribution is 2.25. The van der Waals surface area contributed by atoms with E-state index in [1.807, 2.05) is 24.3 Å². The summed E-state index contributed by atoms with van der Waals surface area (Å²) >= 11 is 6.14. The molecule has 106 valence electrons. The van der Waals surface area contributed by atoms with Crippen molar-refractivity contribution in [2.24, 2.45) is 5.92 Å². The number of nitrogens with zero attached hydrogens (tertiary/aromatic N) is 2. The zero-order valence-electron chi connectivity index (χ0n) is 11.3. The molecule has 1 aromatic carbocycles. The van der Waals surface area contributed by atoms with Gasteiger partial charge in [-0.25, -0.2) is 0 Å². The van der Waals surface area contributed by atoms with Gasteiger partial charge in [0, 0.05) is 12.0 Å². The van der Waals surface area contributed by atoms with E-state index in [4.69, 9.17) is 16.1 Å². The van der Waals surface area contributed by atoms with Gasteiger partial charge in [-0.15, -0.1) is 0 Å². The molecule has 1 N–H and O–H groups in total. The van der Waals surface area contributed by atoms with E-state index in [-0.39, 0.29) is 0 Å². The lowest BCUT2D eigenvalue weighted by Gasteiger charge is -2.21. The van der Waals surface area contributed by atoms with E-state index in [0.717, 1.165) is 37.4 Å². The van der Waals surface area contributed by atoms with Gasteiger partial charge in [-0.3, -0.25) is 0 Å². The summed E-state index contributed by atoms with van der Waals surface area (Å²) in [6.45, 7) is 2.25. The topological polar surface area (TPSA) is 51.0 Å². The van der Waals surface area contributed by atoms with Crippen molar-refractivity contribution in [1.82, 2.24) is 15.5 Å². The second-order valence-corrected chi connectivity index (χ2v) is 5.63. The van der Waals surface area contributed by atoms with Crippen LogP contribution in [0.4, 0.5) is 0 Å². The average Bonchev–Trinajstić information content (AvgIpc) is 2.95. The largest absolute Gasteiger partial charge is 0.339 e. The number of aryl methyl sites for hydroxylation is 1. The maximum Gasteiger partial charge on any atom is 0.226 e. The molecule has 1 fully saturated rings. The first-order valence-corrected chi connectivity index (χ1v) is 7.49. The Labute approximate surface area is 123 Å². The van der Waals surface area contributed by atoms with Crippen LogP contribution in [-0.2, 0) is 6.42 Å². The van der Waals surface area contributed by atoms with E-state index in [2.05, 4.69) is 15.5 Å². The van der Waals surface area contributed by atoms with Crippen LogP contribution < -0.4 is 5.32 Å². The van der Waals surface area contributed by atoms with Crippen LogP contribution in [0.5, 0.6) is 0 Å². The number of nitrogens with one attached hydrogen (secondary N) is 1.